The average molecular weight is 289 g/mol. The molecule has 0 fully saturated rings. The van der Waals surface area contributed by atoms with Crippen LogP contribution in [0.2, 0.25) is 0 Å². The van der Waals surface area contributed by atoms with Crippen molar-refractivity contribution in [2.75, 3.05) is 5.32 Å². The Morgan fingerprint density at radius 3 is 2.67 bits per heavy atom. The lowest BCUT2D eigenvalue weighted by Gasteiger charge is -2.08. The van der Waals surface area contributed by atoms with Gasteiger partial charge in [-0.25, -0.2) is 4.39 Å². The molecule has 0 aromatic heterocycles. The minimum absolute atomic E-state index is 0.153. The maximum Gasteiger partial charge on any atom is 0.292 e. The van der Waals surface area contributed by atoms with Crippen molar-refractivity contribution < 1.29 is 14.1 Å². The number of nitro benzene ring substituents is 1. The SMILES string of the molecule is NC(=O)c1ccc([N+](=O)[O-])c(NCc2cccc(F)c2)c1. The molecule has 0 aliphatic rings. The van der Waals surface area contributed by atoms with Gasteiger partial charge < -0.3 is 11.1 Å². The van der Waals surface area contributed by atoms with Crippen molar-refractivity contribution in [2.24, 2.45) is 5.73 Å². The van der Waals surface area contributed by atoms with Crippen molar-refractivity contribution in [1.29, 1.82) is 0 Å². The van der Waals surface area contributed by atoms with Gasteiger partial charge in [-0.1, -0.05) is 12.1 Å². The summed E-state index contributed by atoms with van der Waals surface area (Å²) in [6.45, 7) is 0.181. The number of anilines is 1. The Bertz CT molecular complexity index is 704. The molecule has 3 N–H and O–H groups in total. The van der Waals surface area contributed by atoms with Crippen LogP contribution < -0.4 is 11.1 Å². The first kappa shape index (κ1) is 14.4. The number of nitrogens with one attached hydrogen (secondary N) is 1. The molecule has 0 bridgehead atoms. The van der Waals surface area contributed by atoms with Crippen molar-refractivity contribution in [1.82, 2.24) is 0 Å². The van der Waals surface area contributed by atoms with Gasteiger partial charge in [0.1, 0.15) is 11.5 Å². The minimum Gasteiger partial charge on any atom is -0.375 e. The van der Waals surface area contributed by atoms with Gasteiger partial charge in [-0.2, -0.15) is 0 Å². The van der Waals surface area contributed by atoms with Crippen molar-refractivity contribution in [3.05, 3.63) is 69.5 Å². The summed E-state index contributed by atoms with van der Waals surface area (Å²) in [5, 5.41) is 13.8. The second kappa shape index (κ2) is 6.00. The van der Waals surface area contributed by atoms with Gasteiger partial charge in [0, 0.05) is 18.2 Å². The molecular formula is C14H12FN3O3. The van der Waals surface area contributed by atoms with E-state index in [0.29, 0.717) is 5.56 Å². The van der Waals surface area contributed by atoms with Crippen molar-refractivity contribution in [3.8, 4) is 0 Å². The summed E-state index contributed by atoms with van der Waals surface area (Å²) in [6.07, 6.45) is 0. The monoisotopic (exact) mass is 289 g/mol. The van der Waals surface area contributed by atoms with Gasteiger partial charge in [-0.05, 0) is 29.8 Å². The molecule has 2 rings (SSSR count). The van der Waals surface area contributed by atoms with E-state index >= 15 is 0 Å². The van der Waals surface area contributed by atoms with Crippen LogP contribution in [-0.4, -0.2) is 10.8 Å². The minimum atomic E-state index is -0.682. The third-order valence-electron chi connectivity index (χ3n) is 2.85. The highest BCUT2D eigenvalue weighted by molar-refractivity contribution is 5.94. The summed E-state index contributed by atoms with van der Waals surface area (Å²) in [6, 6.07) is 9.64. The quantitative estimate of drug-likeness (QED) is 0.652. The van der Waals surface area contributed by atoms with Crippen LogP contribution in [0.15, 0.2) is 42.5 Å². The van der Waals surface area contributed by atoms with E-state index in [1.807, 2.05) is 0 Å². The zero-order valence-corrected chi connectivity index (χ0v) is 10.9. The molecule has 0 heterocycles. The second-order valence-electron chi connectivity index (χ2n) is 4.34. The fourth-order valence-electron chi connectivity index (χ4n) is 1.83. The number of nitrogens with two attached hydrogens (primary N) is 1. The predicted molar refractivity (Wildman–Crippen MR) is 75.3 cm³/mol. The highest BCUT2D eigenvalue weighted by Crippen LogP contribution is 2.26. The fourth-order valence-corrected chi connectivity index (χ4v) is 1.83. The van der Waals surface area contributed by atoms with Crippen molar-refractivity contribution in [3.63, 3.8) is 0 Å². The molecule has 21 heavy (non-hydrogen) atoms. The van der Waals surface area contributed by atoms with E-state index in [9.17, 15) is 19.3 Å². The highest BCUT2D eigenvalue weighted by atomic mass is 19.1. The number of benzene rings is 2. The highest BCUT2D eigenvalue weighted by Gasteiger charge is 2.15. The number of halogens is 1. The summed E-state index contributed by atoms with van der Waals surface area (Å²) in [4.78, 5) is 21.5. The molecule has 2 aromatic rings. The largest absolute Gasteiger partial charge is 0.375 e. The van der Waals surface area contributed by atoms with Gasteiger partial charge in [0.15, 0.2) is 0 Å². The number of carbonyl (C=O) groups is 1. The molecule has 0 saturated carbocycles. The van der Waals surface area contributed by atoms with E-state index in [4.69, 9.17) is 5.73 Å². The summed E-state index contributed by atoms with van der Waals surface area (Å²) < 4.78 is 13.1. The summed E-state index contributed by atoms with van der Waals surface area (Å²) in [5.41, 5.74) is 5.89. The Labute approximate surface area is 119 Å². The number of amides is 1. The van der Waals surface area contributed by atoms with E-state index in [1.54, 1.807) is 12.1 Å². The lowest BCUT2D eigenvalue weighted by Crippen LogP contribution is -2.12. The van der Waals surface area contributed by atoms with Crippen LogP contribution in [0.3, 0.4) is 0 Å². The van der Waals surface area contributed by atoms with Crippen LogP contribution >= 0.6 is 0 Å². The molecule has 6 nitrogen and oxygen atoms in total. The van der Waals surface area contributed by atoms with Crippen LogP contribution in [0.4, 0.5) is 15.8 Å². The first-order valence-corrected chi connectivity index (χ1v) is 6.04. The van der Waals surface area contributed by atoms with Gasteiger partial charge in [0.25, 0.3) is 5.69 Å². The number of primary amides is 1. The molecule has 7 heteroatoms. The van der Waals surface area contributed by atoms with Gasteiger partial charge in [0.05, 0.1) is 4.92 Å². The third-order valence-corrected chi connectivity index (χ3v) is 2.85. The summed E-state index contributed by atoms with van der Waals surface area (Å²) in [7, 11) is 0. The molecule has 1 amide bonds. The number of nitro groups is 1. The topological polar surface area (TPSA) is 98.3 Å². The Kier molecular flexibility index (Phi) is 4.13. The Balaban J connectivity index is 2.26. The lowest BCUT2D eigenvalue weighted by atomic mass is 10.1. The van der Waals surface area contributed by atoms with E-state index in [2.05, 4.69) is 5.32 Å². The van der Waals surface area contributed by atoms with Crippen LogP contribution in [0, 0.1) is 15.9 Å². The molecule has 108 valence electrons. The number of hydrogen-bond acceptors (Lipinski definition) is 4. The zero-order valence-electron chi connectivity index (χ0n) is 10.9. The number of hydrogen-bond donors (Lipinski definition) is 2. The maximum atomic E-state index is 13.1. The molecule has 0 spiro atoms. The van der Waals surface area contributed by atoms with Gasteiger partial charge in [-0.15, -0.1) is 0 Å². The normalized spacial score (nSPS) is 10.1. The Morgan fingerprint density at radius 2 is 2.05 bits per heavy atom. The smallest absolute Gasteiger partial charge is 0.292 e. The van der Waals surface area contributed by atoms with E-state index in [-0.39, 0.29) is 23.5 Å². The average Bonchev–Trinajstić information content (AvgIpc) is 2.44. The fraction of sp³-hybridized carbons (Fsp3) is 0.0714. The number of nitrogens with zero attached hydrogens (tertiary/aromatic N) is 1. The standard InChI is InChI=1S/C14H12FN3O3/c15-11-3-1-2-9(6-11)8-17-12-7-10(14(16)19)4-5-13(12)18(20)21/h1-7,17H,8H2,(H2,16,19). The predicted octanol–water partition coefficient (Wildman–Crippen LogP) is 2.44. The molecule has 0 atom stereocenters. The lowest BCUT2D eigenvalue weighted by molar-refractivity contribution is -0.384. The van der Waals surface area contributed by atoms with Crippen LogP contribution in [-0.2, 0) is 6.54 Å². The molecule has 0 aliphatic heterocycles. The molecule has 0 aliphatic carbocycles. The van der Waals surface area contributed by atoms with Gasteiger partial charge in [0.2, 0.25) is 5.91 Å². The van der Waals surface area contributed by atoms with E-state index in [0.717, 1.165) is 0 Å². The first-order chi connectivity index (χ1) is 9.97. The van der Waals surface area contributed by atoms with Gasteiger partial charge >= 0.3 is 0 Å². The third kappa shape index (κ3) is 3.53. The Morgan fingerprint density at radius 1 is 1.29 bits per heavy atom. The number of carbonyl (C=O) groups excluding carboxylic acids is 1. The maximum absolute atomic E-state index is 13.1. The summed E-state index contributed by atoms with van der Waals surface area (Å²) in [5.74, 6) is -1.08. The van der Waals surface area contributed by atoms with Gasteiger partial charge in [-0.3, -0.25) is 14.9 Å². The van der Waals surface area contributed by atoms with E-state index in [1.165, 1.54) is 30.3 Å². The van der Waals surface area contributed by atoms with Crippen LogP contribution in [0.5, 0.6) is 0 Å². The van der Waals surface area contributed by atoms with Crippen molar-refractivity contribution >= 4 is 17.3 Å². The van der Waals surface area contributed by atoms with Crippen LogP contribution in [0.1, 0.15) is 15.9 Å². The summed E-state index contributed by atoms with van der Waals surface area (Å²) >= 11 is 0. The number of rotatable bonds is 5. The first-order valence-electron chi connectivity index (χ1n) is 6.04. The zero-order chi connectivity index (χ0) is 15.4. The molecule has 0 saturated heterocycles. The molecular weight excluding hydrogens is 277 g/mol. The molecule has 0 unspecified atom stereocenters. The Hall–Kier alpha value is -2.96. The van der Waals surface area contributed by atoms with Crippen LogP contribution in [0.25, 0.3) is 0 Å². The molecule has 2 aromatic carbocycles. The van der Waals surface area contributed by atoms with Crippen molar-refractivity contribution in [2.45, 2.75) is 6.54 Å². The van der Waals surface area contributed by atoms with E-state index < -0.39 is 16.6 Å². The molecule has 0 radical (unpaired) electrons. The second-order valence-corrected chi connectivity index (χ2v) is 4.34.